The fourth-order valence-electron chi connectivity index (χ4n) is 1.77. The molecule has 0 radical (unpaired) electrons. The summed E-state index contributed by atoms with van der Waals surface area (Å²) in [5.74, 6) is 0. The first-order valence-corrected chi connectivity index (χ1v) is 6.61. The van der Waals surface area contributed by atoms with Crippen LogP contribution in [0.25, 0.3) is 0 Å². The molecule has 0 fully saturated rings. The zero-order chi connectivity index (χ0) is 12.4. The molecule has 0 rings (SSSR count). The first-order chi connectivity index (χ1) is 7.56. The molecule has 0 aromatic heterocycles. The summed E-state index contributed by atoms with van der Waals surface area (Å²) in [5.41, 5.74) is 0. The number of hydrogen-bond acceptors (Lipinski definition) is 3. The van der Waals surface area contributed by atoms with Gasteiger partial charge in [0, 0.05) is 13.1 Å². The highest BCUT2D eigenvalue weighted by Gasteiger charge is 2.04. The minimum absolute atomic E-state index is 0.138. The maximum Gasteiger partial charge on any atom is 0.0512 e. The van der Waals surface area contributed by atoms with E-state index in [-0.39, 0.29) is 6.10 Å². The Hall–Kier alpha value is -0.120. The topological polar surface area (TPSA) is 26.7 Å². The second kappa shape index (κ2) is 10.1. The minimum atomic E-state index is -0.138. The van der Waals surface area contributed by atoms with Gasteiger partial charge in [0.25, 0.3) is 0 Å². The van der Waals surface area contributed by atoms with Crippen molar-refractivity contribution in [1.29, 1.82) is 0 Å². The molecule has 0 spiro atoms. The maximum absolute atomic E-state index is 9.18. The second-order valence-electron chi connectivity index (χ2n) is 4.99. The van der Waals surface area contributed by atoms with Crippen LogP contribution in [-0.2, 0) is 0 Å². The van der Waals surface area contributed by atoms with Gasteiger partial charge in [0.2, 0.25) is 0 Å². The Morgan fingerprint density at radius 1 is 1.00 bits per heavy atom. The van der Waals surface area contributed by atoms with Crippen LogP contribution in [0.2, 0.25) is 0 Å². The molecule has 0 aromatic rings. The maximum atomic E-state index is 9.18. The third-order valence-corrected chi connectivity index (χ3v) is 2.75. The lowest BCUT2D eigenvalue weighted by Gasteiger charge is -2.23. The second-order valence-corrected chi connectivity index (χ2v) is 4.99. The highest BCUT2D eigenvalue weighted by Crippen LogP contribution is 2.03. The monoisotopic (exact) mass is 230 g/mol. The predicted octanol–water partition coefficient (Wildman–Crippen LogP) is 1.81. The Bertz CT molecular complexity index is 149. The molecule has 3 heteroatoms. The molecule has 0 saturated heterocycles. The van der Waals surface area contributed by atoms with Crippen LogP contribution in [0.1, 0.15) is 39.5 Å². The Balaban J connectivity index is 3.59. The lowest BCUT2D eigenvalue weighted by Crippen LogP contribution is -2.33. The Morgan fingerprint density at radius 2 is 1.69 bits per heavy atom. The van der Waals surface area contributed by atoms with Gasteiger partial charge >= 0.3 is 0 Å². The predicted molar refractivity (Wildman–Crippen MR) is 70.8 cm³/mol. The molecule has 16 heavy (non-hydrogen) atoms. The number of aliphatic hydroxyl groups is 1. The van der Waals surface area contributed by atoms with Crippen LogP contribution >= 0.6 is 0 Å². The van der Waals surface area contributed by atoms with Gasteiger partial charge in [0.1, 0.15) is 0 Å². The van der Waals surface area contributed by atoms with Crippen LogP contribution in [0.3, 0.4) is 0 Å². The summed E-state index contributed by atoms with van der Waals surface area (Å²) < 4.78 is 0. The summed E-state index contributed by atoms with van der Waals surface area (Å²) in [6, 6.07) is 0. The van der Waals surface area contributed by atoms with E-state index < -0.39 is 0 Å². The van der Waals surface area contributed by atoms with Gasteiger partial charge in [-0.1, -0.05) is 6.92 Å². The van der Waals surface area contributed by atoms with Crippen molar-refractivity contribution in [3.63, 3.8) is 0 Å². The fourth-order valence-corrected chi connectivity index (χ4v) is 1.77. The summed E-state index contributed by atoms with van der Waals surface area (Å²) in [6.45, 7) is 8.77. The van der Waals surface area contributed by atoms with Gasteiger partial charge < -0.3 is 14.9 Å². The van der Waals surface area contributed by atoms with Gasteiger partial charge in [-0.3, -0.25) is 0 Å². The summed E-state index contributed by atoms with van der Waals surface area (Å²) in [6.07, 6.45) is 4.37. The van der Waals surface area contributed by atoms with Crippen LogP contribution in [0.5, 0.6) is 0 Å². The number of unbranched alkanes of at least 4 members (excludes halogenated alkanes) is 1. The van der Waals surface area contributed by atoms with E-state index in [4.69, 9.17) is 0 Å². The number of hydrogen-bond donors (Lipinski definition) is 1. The number of rotatable bonds is 10. The first kappa shape index (κ1) is 15.9. The van der Waals surface area contributed by atoms with E-state index in [0.29, 0.717) is 0 Å². The van der Waals surface area contributed by atoms with E-state index in [1.807, 2.05) is 6.92 Å². The molecule has 1 atom stereocenters. The van der Waals surface area contributed by atoms with Gasteiger partial charge in [0.15, 0.2) is 0 Å². The summed E-state index contributed by atoms with van der Waals surface area (Å²) >= 11 is 0. The van der Waals surface area contributed by atoms with Crippen LogP contribution in [-0.4, -0.2) is 61.3 Å². The van der Waals surface area contributed by atoms with Crippen molar-refractivity contribution in [2.75, 3.05) is 40.3 Å². The van der Waals surface area contributed by atoms with E-state index in [1.165, 1.54) is 25.9 Å². The third kappa shape index (κ3) is 10.4. The number of nitrogens with zero attached hydrogens (tertiary/aromatic N) is 2. The van der Waals surface area contributed by atoms with Crippen LogP contribution in [0.15, 0.2) is 0 Å². The Kier molecular flexibility index (Phi) is 9.99. The lowest BCUT2D eigenvalue weighted by molar-refractivity contribution is 0.175. The fraction of sp³-hybridized carbons (Fsp3) is 1.00. The smallest absolute Gasteiger partial charge is 0.0512 e. The molecule has 0 aliphatic heterocycles. The van der Waals surface area contributed by atoms with Crippen LogP contribution < -0.4 is 0 Å². The standard InChI is InChI=1S/C13H30N2O/c1-5-9-15(12-11-14(3)4)10-7-6-8-13(2)16/h13,16H,5-12H2,1-4H3. The highest BCUT2D eigenvalue weighted by atomic mass is 16.3. The molecule has 0 aliphatic rings. The van der Waals surface area contributed by atoms with Gasteiger partial charge in [-0.05, 0) is 59.8 Å². The molecule has 0 aromatic carbocycles. The molecule has 0 aliphatic carbocycles. The zero-order valence-corrected chi connectivity index (χ0v) is 11.6. The van der Waals surface area contributed by atoms with Crippen molar-refractivity contribution in [3.8, 4) is 0 Å². The van der Waals surface area contributed by atoms with E-state index in [2.05, 4.69) is 30.8 Å². The minimum Gasteiger partial charge on any atom is -0.393 e. The molecular weight excluding hydrogens is 200 g/mol. The zero-order valence-electron chi connectivity index (χ0n) is 11.6. The number of likely N-dealkylation sites (N-methyl/N-ethyl adjacent to an activating group) is 1. The third-order valence-electron chi connectivity index (χ3n) is 2.75. The molecule has 98 valence electrons. The van der Waals surface area contributed by atoms with Crippen molar-refractivity contribution < 1.29 is 5.11 Å². The summed E-state index contributed by atoms with van der Waals surface area (Å²) in [7, 11) is 4.25. The first-order valence-electron chi connectivity index (χ1n) is 6.61. The van der Waals surface area contributed by atoms with Gasteiger partial charge in [-0.25, -0.2) is 0 Å². The largest absolute Gasteiger partial charge is 0.393 e. The molecule has 0 heterocycles. The van der Waals surface area contributed by atoms with Crippen molar-refractivity contribution in [3.05, 3.63) is 0 Å². The summed E-state index contributed by atoms with van der Waals surface area (Å²) in [5, 5.41) is 9.18. The Morgan fingerprint density at radius 3 is 2.19 bits per heavy atom. The normalized spacial score (nSPS) is 13.7. The highest BCUT2D eigenvalue weighted by molar-refractivity contribution is 4.60. The molecule has 3 nitrogen and oxygen atoms in total. The van der Waals surface area contributed by atoms with Crippen molar-refractivity contribution >= 4 is 0 Å². The van der Waals surface area contributed by atoms with Crippen molar-refractivity contribution in [1.82, 2.24) is 9.80 Å². The average Bonchev–Trinajstić information content (AvgIpc) is 2.20. The Labute approximate surface area is 101 Å². The molecule has 1 unspecified atom stereocenters. The van der Waals surface area contributed by atoms with E-state index in [0.717, 1.165) is 25.9 Å². The van der Waals surface area contributed by atoms with Gasteiger partial charge in [-0.15, -0.1) is 0 Å². The van der Waals surface area contributed by atoms with Crippen LogP contribution in [0, 0.1) is 0 Å². The van der Waals surface area contributed by atoms with Crippen molar-refractivity contribution in [2.45, 2.75) is 45.6 Å². The van der Waals surface area contributed by atoms with E-state index >= 15 is 0 Å². The van der Waals surface area contributed by atoms with Gasteiger partial charge in [-0.2, -0.15) is 0 Å². The quantitative estimate of drug-likeness (QED) is 0.580. The van der Waals surface area contributed by atoms with Crippen LogP contribution in [0.4, 0.5) is 0 Å². The molecular formula is C13H30N2O. The summed E-state index contributed by atoms with van der Waals surface area (Å²) in [4.78, 5) is 4.76. The SMILES string of the molecule is CCCN(CCCCC(C)O)CCN(C)C. The van der Waals surface area contributed by atoms with Gasteiger partial charge in [0.05, 0.1) is 6.10 Å². The van der Waals surface area contributed by atoms with E-state index in [1.54, 1.807) is 0 Å². The molecule has 0 saturated carbocycles. The number of aliphatic hydroxyl groups excluding tert-OH is 1. The molecule has 1 N–H and O–H groups in total. The average molecular weight is 230 g/mol. The van der Waals surface area contributed by atoms with E-state index in [9.17, 15) is 5.11 Å². The molecule has 0 amide bonds. The van der Waals surface area contributed by atoms with Crippen molar-refractivity contribution in [2.24, 2.45) is 0 Å². The molecule has 0 bridgehead atoms. The lowest BCUT2D eigenvalue weighted by atomic mass is 10.1.